The second-order valence-corrected chi connectivity index (χ2v) is 7.72. The van der Waals surface area contributed by atoms with Crippen LogP contribution in [0.15, 0.2) is 60.8 Å². The highest BCUT2D eigenvalue weighted by Crippen LogP contribution is 2.47. The largest absolute Gasteiger partial charge is 0.504 e. The van der Waals surface area contributed by atoms with Crippen molar-refractivity contribution < 1.29 is 24.2 Å². The van der Waals surface area contributed by atoms with Crippen molar-refractivity contribution in [3.05, 3.63) is 82.6 Å². The van der Waals surface area contributed by atoms with Gasteiger partial charge in [0.05, 0.1) is 12.8 Å². The lowest BCUT2D eigenvalue weighted by Gasteiger charge is -2.29. The Morgan fingerprint density at radius 3 is 2.69 bits per heavy atom. The highest BCUT2D eigenvalue weighted by Gasteiger charge is 2.54. The fourth-order valence-electron chi connectivity index (χ4n) is 3.97. The molecule has 0 aliphatic carbocycles. The number of para-hydroxylation sites is 1. The Morgan fingerprint density at radius 2 is 2.00 bits per heavy atom. The maximum Gasteiger partial charge on any atom is 0.358 e. The van der Waals surface area contributed by atoms with Crippen LogP contribution in [0.1, 0.15) is 28.5 Å². The van der Waals surface area contributed by atoms with Crippen molar-refractivity contribution in [2.24, 2.45) is 0 Å². The minimum Gasteiger partial charge on any atom is -0.504 e. The van der Waals surface area contributed by atoms with Gasteiger partial charge in [0.1, 0.15) is 5.69 Å². The number of halogens is 1. The van der Waals surface area contributed by atoms with Crippen LogP contribution in [-0.2, 0) is 21.6 Å². The molecule has 1 unspecified atom stereocenters. The summed E-state index contributed by atoms with van der Waals surface area (Å²) in [6, 6.07) is 14.8. The van der Waals surface area contributed by atoms with Crippen LogP contribution in [0.3, 0.4) is 0 Å². The first-order valence-corrected chi connectivity index (χ1v) is 10.4. The number of ether oxygens (including phenoxy) is 2. The van der Waals surface area contributed by atoms with Crippen molar-refractivity contribution >= 4 is 29.2 Å². The number of carbonyl (C=O) groups is 2. The van der Waals surface area contributed by atoms with Crippen molar-refractivity contribution in [3.63, 3.8) is 0 Å². The van der Waals surface area contributed by atoms with E-state index in [1.165, 1.54) is 24.3 Å². The van der Waals surface area contributed by atoms with E-state index in [0.717, 1.165) is 0 Å². The first-order chi connectivity index (χ1) is 15.4. The molecule has 164 valence electrons. The first kappa shape index (κ1) is 21.6. The van der Waals surface area contributed by atoms with Gasteiger partial charge in [0, 0.05) is 35.3 Å². The van der Waals surface area contributed by atoms with Crippen molar-refractivity contribution in [2.45, 2.75) is 18.9 Å². The predicted molar refractivity (Wildman–Crippen MR) is 119 cm³/mol. The summed E-state index contributed by atoms with van der Waals surface area (Å²) in [5, 5.41) is 11.1. The Hall–Kier alpha value is -3.58. The van der Waals surface area contributed by atoms with Crippen molar-refractivity contribution in [1.29, 1.82) is 0 Å². The topological polar surface area (TPSA) is 89.0 Å². The lowest BCUT2D eigenvalue weighted by Crippen LogP contribution is -2.45. The summed E-state index contributed by atoms with van der Waals surface area (Å²) in [6.07, 6.45) is 1.36. The number of aromatic hydroxyl groups is 1. The molecule has 0 saturated heterocycles. The number of anilines is 1. The number of rotatable bonds is 6. The number of carbonyl (C=O) groups excluding carboxylic acids is 2. The van der Waals surface area contributed by atoms with Gasteiger partial charge in [-0.3, -0.25) is 4.79 Å². The van der Waals surface area contributed by atoms with Gasteiger partial charge in [-0.05, 0) is 43.3 Å². The van der Waals surface area contributed by atoms with Gasteiger partial charge in [-0.25, -0.2) is 9.78 Å². The quantitative estimate of drug-likeness (QED) is 0.566. The number of methoxy groups -OCH3 is 1. The van der Waals surface area contributed by atoms with Gasteiger partial charge in [-0.15, -0.1) is 0 Å². The number of hydrogen-bond acceptors (Lipinski definition) is 6. The summed E-state index contributed by atoms with van der Waals surface area (Å²) in [6.45, 7) is 2.19. The Morgan fingerprint density at radius 1 is 1.19 bits per heavy atom. The van der Waals surface area contributed by atoms with Gasteiger partial charge in [0.15, 0.2) is 11.5 Å². The summed E-state index contributed by atoms with van der Waals surface area (Å²) >= 11 is 6.27. The maximum atomic E-state index is 13.7. The molecule has 1 aliphatic rings. The number of benzene rings is 2. The van der Waals surface area contributed by atoms with Gasteiger partial charge in [-0.1, -0.05) is 29.8 Å². The van der Waals surface area contributed by atoms with E-state index in [-0.39, 0.29) is 23.6 Å². The van der Waals surface area contributed by atoms with Crippen LogP contribution >= 0.6 is 11.6 Å². The molecule has 8 heteroatoms. The molecule has 7 nitrogen and oxygen atoms in total. The van der Waals surface area contributed by atoms with Crippen molar-refractivity contribution in [1.82, 2.24) is 4.98 Å². The molecule has 1 aromatic heterocycles. The highest BCUT2D eigenvalue weighted by atomic mass is 35.5. The molecule has 2 heterocycles. The second kappa shape index (κ2) is 8.51. The highest BCUT2D eigenvalue weighted by molar-refractivity contribution is 6.31. The van der Waals surface area contributed by atoms with Crippen LogP contribution in [0.5, 0.6) is 11.5 Å². The molecule has 3 aromatic rings. The number of hydrogen-bond donors (Lipinski definition) is 1. The Balaban J connectivity index is 1.89. The maximum absolute atomic E-state index is 13.7. The Labute approximate surface area is 190 Å². The molecule has 0 saturated carbocycles. The first-order valence-electron chi connectivity index (χ1n) is 10.0. The van der Waals surface area contributed by atoms with Crippen LogP contribution < -0.4 is 9.64 Å². The standard InChI is InChI=1S/C24H21ClN2O5/c1-3-27-19-11-10-16(25)13-17(19)24(23(27)30,32-22(29)18-8-4-5-12-26-18)14-15-7-6-9-20(31-2)21(15)28/h4-13,28H,3,14H2,1-2H3. The third kappa shape index (κ3) is 3.54. The predicted octanol–water partition coefficient (Wildman–Crippen LogP) is 4.11. The number of pyridine rings is 1. The normalized spacial score (nSPS) is 17.2. The monoisotopic (exact) mass is 452 g/mol. The smallest absolute Gasteiger partial charge is 0.358 e. The molecular weight excluding hydrogens is 432 g/mol. The fourth-order valence-corrected chi connectivity index (χ4v) is 4.14. The Kier molecular flexibility index (Phi) is 5.76. The number of aromatic nitrogens is 1. The van der Waals surface area contributed by atoms with Crippen LogP contribution in [0.4, 0.5) is 5.69 Å². The molecule has 0 bridgehead atoms. The third-order valence-electron chi connectivity index (χ3n) is 5.47. The van der Waals surface area contributed by atoms with Gasteiger partial charge < -0.3 is 19.5 Å². The molecule has 1 N–H and O–H groups in total. The fraction of sp³-hybridized carbons (Fsp3) is 0.208. The lowest BCUT2D eigenvalue weighted by molar-refractivity contribution is -0.137. The third-order valence-corrected chi connectivity index (χ3v) is 5.71. The van der Waals surface area contributed by atoms with Gasteiger partial charge in [-0.2, -0.15) is 0 Å². The molecule has 0 radical (unpaired) electrons. The minimum atomic E-state index is -1.74. The molecule has 2 aromatic carbocycles. The minimum absolute atomic E-state index is 0.0630. The number of phenolic OH excluding ortho intramolecular Hbond substituents is 1. The summed E-state index contributed by atoms with van der Waals surface area (Å²) in [4.78, 5) is 32.4. The van der Waals surface area contributed by atoms with E-state index in [0.29, 0.717) is 28.4 Å². The molecule has 1 aliphatic heterocycles. The average molecular weight is 453 g/mol. The van der Waals surface area contributed by atoms with E-state index in [4.69, 9.17) is 21.1 Å². The lowest BCUT2D eigenvalue weighted by atomic mass is 9.87. The van der Waals surface area contributed by atoms with Gasteiger partial charge in [0.2, 0.25) is 5.60 Å². The van der Waals surface area contributed by atoms with Crippen molar-refractivity contribution in [2.75, 3.05) is 18.6 Å². The number of esters is 1. The number of amides is 1. The number of likely N-dealkylation sites (N-methyl/N-ethyl adjacent to an activating group) is 1. The zero-order valence-electron chi connectivity index (χ0n) is 17.5. The van der Waals surface area contributed by atoms with E-state index < -0.39 is 17.5 Å². The number of nitrogens with zero attached hydrogens (tertiary/aromatic N) is 2. The number of phenols is 1. The van der Waals surface area contributed by atoms with Crippen LogP contribution in [0, 0.1) is 0 Å². The summed E-state index contributed by atoms with van der Waals surface area (Å²) in [7, 11) is 1.43. The van der Waals surface area contributed by atoms with Gasteiger partial charge in [0.25, 0.3) is 5.91 Å². The average Bonchev–Trinajstić information content (AvgIpc) is 3.02. The molecular formula is C24H21ClN2O5. The van der Waals surface area contributed by atoms with Crippen molar-refractivity contribution in [3.8, 4) is 11.5 Å². The Bertz CT molecular complexity index is 1180. The van der Waals surface area contributed by atoms with E-state index in [1.54, 1.807) is 48.5 Å². The van der Waals surface area contributed by atoms with E-state index >= 15 is 0 Å². The van der Waals surface area contributed by atoms with Crippen LogP contribution in [0.2, 0.25) is 5.02 Å². The molecule has 0 fully saturated rings. The molecule has 1 amide bonds. The summed E-state index contributed by atoms with van der Waals surface area (Å²) < 4.78 is 11.1. The number of fused-ring (bicyclic) bond motifs is 1. The van der Waals surface area contributed by atoms with Crippen LogP contribution in [-0.4, -0.2) is 35.6 Å². The molecule has 4 rings (SSSR count). The molecule has 1 atom stereocenters. The van der Waals surface area contributed by atoms with Crippen LogP contribution in [0.25, 0.3) is 0 Å². The molecule has 32 heavy (non-hydrogen) atoms. The summed E-state index contributed by atoms with van der Waals surface area (Å²) in [5.74, 6) is -1.07. The second-order valence-electron chi connectivity index (χ2n) is 7.29. The molecule has 0 spiro atoms. The van der Waals surface area contributed by atoms with Gasteiger partial charge >= 0.3 is 5.97 Å². The summed E-state index contributed by atoms with van der Waals surface area (Å²) in [5.41, 5.74) is -0.251. The zero-order chi connectivity index (χ0) is 22.9. The van der Waals surface area contributed by atoms with E-state index in [2.05, 4.69) is 4.98 Å². The van der Waals surface area contributed by atoms with E-state index in [1.807, 2.05) is 6.92 Å². The SMILES string of the molecule is CCN1C(=O)C(Cc2cccc(OC)c2O)(OC(=O)c2ccccn2)c2cc(Cl)ccc21. The zero-order valence-corrected chi connectivity index (χ0v) is 18.3. The van der Waals surface area contributed by atoms with E-state index in [9.17, 15) is 14.7 Å².